The molecule has 0 aliphatic carbocycles. The summed E-state index contributed by atoms with van der Waals surface area (Å²) in [7, 11) is 1.38. The third-order valence-electron chi connectivity index (χ3n) is 4.08. The van der Waals surface area contributed by atoms with E-state index in [2.05, 4.69) is 0 Å². The van der Waals surface area contributed by atoms with Gasteiger partial charge >= 0.3 is 11.9 Å². The number of para-hydroxylation sites is 1. The molecule has 1 unspecified atom stereocenters. The van der Waals surface area contributed by atoms with Gasteiger partial charge in [0.15, 0.2) is 0 Å². The molecule has 0 aliphatic rings. The zero-order valence-electron chi connectivity index (χ0n) is 15.3. The monoisotopic (exact) mass is 372 g/mol. The van der Waals surface area contributed by atoms with E-state index < -0.39 is 5.97 Å². The molecule has 6 heteroatoms. The van der Waals surface area contributed by atoms with Crippen molar-refractivity contribution in [1.82, 2.24) is 0 Å². The Morgan fingerprint density at radius 1 is 0.889 bits per heavy atom. The number of aromatic carboxylic acids is 1. The van der Waals surface area contributed by atoms with Gasteiger partial charge in [-0.25, -0.2) is 4.79 Å². The van der Waals surface area contributed by atoms with Gasteiger partial charge in [-0.1, -0.05) is 18.2 Å². The third-order valence-corrected chi connectivity index (χ3v) is 4.08. The minimum Gasteiger partial charge on any atom is -0.494 e. The molecule has 2 rings (SSSR count). The lowest BCUT2D eigenvalue weighted by Crippen LogP contribution is -2.20. The summed E-state index contributed by atoms with van der Waals surface area (Å²) in [4.78, 5) is 22.8. The topological polar surface area (TPSA) is 82.1 Å². The first-order valence-electron chi connectivity index (χ1n) is 8.82. The molecular formula is C21H24O6. The lowest BCUT2D eigenvalue weighted by atomic mass is 10.0. The van der Waals surface area contributed by atoms with Crippen molar-refractivity contribution in [1.29, 1.82) is 0 Å². The van der Waals surface area contributed by atoms with E-state index in [1.54, 1.807) is 12.1 Å². The molecule has 1 atom stereocenters. The van der Waals surface area contributed by atoms with Crippen molar-refractivity contribution in [3.63, 3.8) is 0 Å². The normalized spacial score (nSPS) is 11.4. The van der Waals surface area contributed by atoms with Gasteiger partial charge in [0.1, 0.15) is 11.5 Å². The molecule has 1 N–H and O–H groups in total. The molecule has 0 spiro atoms. The fraction of sp³-hybridized carbons (Fsp3) is 0.333. The summed E-state index contributed by atoms with van der Waals surface area (Å²) in [6, 6.07) is 15.7. The number of hydrogen-bond acceptors (Lipinski definition) is 5. The number of carbonyl (C=O) groups excluding carboxylic acids is 1. The second kappa shape index (κ2) is 10.9. The minimum absolute atomic E-state index is 0.214. The second-order valence-corrected chi connectivity index (χ2v) is 5.99. The van der Waals surface area contributed by atoms with Gasteiger partial charge in [-0.2, -0.15) is 0 Å². The molecule has 2 aromatic rings. The second-order valence-electron chi connectivity index (χ2n) is 5.99. The number of carboxylic acids is 1. The summed E-state index contributed by atoms with van der Waals surface area (Å²) < 4.78 is 16.1. The Morgan fingerprint density at radius 3 is 2.15 bits per heavy atom. The third kappa shape index (κ3) is 7.01. The lowest BCUT2D eigenvalue weighted by Gasteiger charge is -2.15. The first-order valence-corrected chi connectivity index (χ1v) is 8.82. The van der Waals surface area contributed by atoms with Gasteiger partial charge in [0.05, 0.1) is 31.8 Å². The highest BCUT2D eigenvalue weighted by Gasteiger charge is 2.19. The van der Waals surface area contributed by atoms with Crippen LogP contribution in [0.2, 0.25) is 0 Å². The largest absolute Gasteiger partial charge is 0.494 e. The Hall–Kier alpha value is -3.02. The van der Waals surface area contributed by atoms with Gasteiger partial charge in [-0.05, 0) is 55.7 Å². The van der Waals surface area contributed by atoms with Crippen LogP contribution < -0.4 is 9.47 Å². The van der Waals surface area contributed by atoms with Gasteiger partial charge < -0.3 is 19.3 Å². The Balaban J connectivity index is 1.73. The molecule has 27 heavy (non-hydrogen) atoms. The maximum absolute atomic E-state index is 11.9. The number of carbonyl (C=O) groups is 2. The summed E-state index contributed by atoms with van der Waals surface area (Å²) in [5, 5.41) is 8.88. The Morgan fingerprint density at radius 2 is 1.52 bits per heavy atom. The van der Waals surface area contributed by atoms with E-state index in [0.717, 1.165) is 5.75 Å². The number of carboxylic acid groups (broad SMARTS) is 1. The van der Waals surface area contributed by atoms with E-state index in [9.17, 15) is 9.59 Å². The van der Waals surface area contributed by atoms with Crippen LogP contribution in [-0.4, -0.2) is 37.4 Å². The first kappa shape index (κ1) is 20.3. The van der Waals surface area contributed by atoms with Crippen molar-refractivity contribution < 1.29 is 28.9 Å². The van der Waals surface area contributed by atoms with Crippen LogP contribution in [0.3, 0.4) is 0 Å². The minimum atomic E-state index is -0.972. The van der Waals surface area contributed by atoms with E-state index >= 15 is 0 Å². The molecule has 144 valence electrons. The van der Waals surface area contributed by atoms with Gasteiger partial charge in [0.25, 0.3) is 0 Å². The predicted octanol–water partition coefficient (Wildman–Crippen LogP) is 3.80. The van der Waals surface area contributed by atoms with Crippen LogP contribution in [-0.2, 0) is 9.53 Å². The highest BCUT2D eigenvalue weighted by molar-refractivity contribution is 5.87. The van der Waals surface area contributed by atoms with Gasteiger partial charge in [0.2, 0.25) is 0 Å². The number of hydrogen-bond donors (Lipinski definition) is 1. The molecule has 6 nitrogen and oxygen atoms in total. The number of methoxy groups -OCH3 is 1. The maximum Gasteiger partial charge on any atom is 0.335 e. The molecule has 0 radical (unpaired) electrons. The van der Waals surface area contributed by atoms with Crippen LogP contribution in [0.15, 0.2) is 54.6 Å². The van der Waals surface area contributed by atoms with Crippen molar-refractivity contribution >= 4 is 11.9 Å². The summed E-state index contributed by atoms with van der Waals surface area (Å²) in [5.74, 6) is -0.106. The van der Waals surface area contributed by atoms with Crippen LogP contribution in [0.5, 0.6) is 11.5 Å². The van der Waals surface area contributed by atoms with E-state index in [0.29, 0.717) is 38.2 Å². The molecule has 0 aliphatic heterocycles. The lowest BCUT2D eigenvalue weighted by molar-refractivity contribution is -0.146. The Labute approximate surface area is 158 Å². The fourth-order valence-electron chi connectivity index (χ4n) is 2.60. The van der Waals surface area contributed by atoms with Gasteiger partial charge in [0, 0.05) is 0 Å². The summed E-state index contributed by atoms with van der Waals surface area (Å²) in [6.07, 6.45) is 1.86. The Kier molecular flexibility index (Phi) is 8.16. The number of benzene rings is 2. The highest BCUT2D eigenvalue weighted by atomic mass is 16.5. The van der Waals surface area contributed by atoms with Crippen LogP contribution in [0, 0.1) is 5.92 Å². The van der Waals surface area contributed by atoms with Crippen molar-refractivity contribution in [2.75, 3.05) is 20.3 Å². The van der Waals surface area contributed by atoms with E-state index in [1.165, 1.54) is 19.2 Å². The quantitative estimate of drug-likeness (QED) is 0.477. The van der Waals surface area contributed by atoms with Crippen molar-refractivity contribution in [2.45, 2.75) is 19.3 Å². The smallest absolute Gasteiger partial charge is 0.335 e. The molecule has 0 saturated carbocycles. The fourth-order valence-corrected chi connectivity index (χ4v) is 2.60. The zero-order chi connectivity index (χ0) is 19.5. The predicted molar refractivity (Wildman–Crippen MR) is 100 cm³/mol. The van der Waals surface area contributed by atoms with Gasteiger partial charge in [-0.15, -0.1) is 0 Å². The van der Waals surface area contributed by atoms with Crippen molar-refractivity contribution in [3.8, 4) is 11.5 Å². The van der Waals surface area contributed by atoms with Crippen LogP contribution in [0.1, 0.15) is 29.6 Å². The first-order chi connectivity index (χ1) is 13.1. The van der Waals surface area contributed by atoms with E-state index in [4.69, 9.17) is 19.3 Å². The average molecular weight is 372 g/mol. The molecule has 0 amide bonds. The SMILES string of the molecule is COC(=O)C(CCCOc1ccc(C(=O)O)cc1)CCOc1ccccc1. The standard InChI is InChI=1S/C21H24O6/c1-25-21(24)17(13-15-27-18-7-3-2-4-8-18)6-5-14-26-19-11-9-16(10-12-19)20(22)23/h2-4,7-12,17H,5-6,13-15H2,1H3,(H,22,23). The zero-order valence-corrected chi connectivity index (χ0v) is 15.3. The maximum atomic E-state index is 11.9. The molecule has 0 saturated heterocycles. The Bertz CT molecular complexity index is 711. The van der Waals surface area contributed by atoms with E-state index in [-0.39, 0.29) is 17.5 Å². The molecule has 0 fully saturated rings. The average Bonchev–Trinajstić information content (AvgIpc) is 2.70. The molecule has 0 bridgehead atoms. The van der Waals surface area contributed by atoms with Crippen LogP contribution in [0.4, 0.5) is 0 Å². The molecular weight excluding hydrogens is 348 g/mol. The van der Waals surface area contributed by atoms with Crippen molar-refractivity contribution in [3.05, 3.63) is 60.2 Å². The van der Waals surface area contributed by atoms with Gasteiger partial charge in [-0.3, -0.25) is 4.79 Å². The summed E-state index contributed by atoms with van der Waals surface area (Å²) in [6.45, 7) is 0.862. The highest BCUT2D eigenvalue weighted by Crippen LogP contribution is 2.17. The van der Waals surface area contributed by atoms with Crippen LogP contribution >= 0.6 is 0 Å². The number of esters is 1. The summed E-state index contributed by atoms with van der Waals surface area (Å²) >= 11 is 0. The molecule has 2 aromatic carbocycles. The summed E-state index contributed by atoms with van der Waals surface area (Å²) in [5.41, 5.74) is 0.214. The number of ether oxygens (including phenoxy) is 3. The molecule has 0 aromatic heterocycles. The van der Waals surface area contributed by atoms with E-state index in [1.807, 2.05) is 30.3 Å². The number of rotatable bonds is 11. The molecule has 0 heterocycles. The van der Waals surface area contributed by atoms with Crippen molar-refractivity contribution in [2.24, 2.45) is 5.92 Å². The van der Waals surface area contributed by atoms with Crippen LogP contribution in [0.25, 0.3) is 0 Å².